The summed E-state index contributed by atoms with van der Waals surface area (Å²) in [5.41, 5.74) is 3.15. The summed E-state index contributed by atoms with van der Waals surface area (Å²) in [6.07, 6.45) is 3.54. The summed E-state index contributed by atoms with van der Waals surface area (Å²) < 4.78 is 0. The van der Waals surface area contributed by atoms with Crippen LogP contribution in [0.1, 0.15) is 11.3 Å². The molecule has 0 amide bonds. The van der Waals surface area contributed by atoms with E-state index in [0.29, 0.717) is 12.1 Å². The van der Waals surface area contributed by atoms with Gasteiger partial charge in [0, 0.05) is 49.9 Å². The van der Waals surface area contributed by atoms with Crippen LogP contribution in [0.4, 0.5) is 11.4 Å². The molecule has 4 rings (SSSR count). The molecule has 0 aliphatic carbocycles. The van der Waals surface area contributed by atoms with Gasteiger partial charge in [0.25, 0.3) is 5.69 Å². The highest BCUT2D eigenvalue weighted by atomic mass is 16.6. The lowest BCUT2D eigenvalue weighted by Gasteiger charge is -2.35. The van der Waals surface area contributed by atoms with Crippen molar-refractivity contribution in [2.75, 3.05) is 44.2 Å². The highest BCUT2D eigenvalue weighted by Crippen LogP contribution is 2.28. The fourth-order valence-corrected chi connectivity index (χ4v) is 3.68. The molecule has 1 fully saturated rings. The van der Waals surface area contributed by atoms with E-state index in [1.807, 2.05) is 30.3 Å². The maximum absolute atomic E-state index is 11.7. The molecule has 0 spiro atoms. The molecule has 0 atom stereocenters. The van der Waals surface area contributed by atoms with Gasteiger partial charge in [0.15, 0.2) is 0 Å². The lowest BCUT2D eigenvalue weighted by molar-refractivity contribution is -0.385. The topological polar surface area (TPSA) is 98.5 Å². The minimum Gasteiger partial charge on any atom is -0.395 e. The first-order valence-corrected chi connectivity index (χ1v) is 9.63. The van der Waals surface area contributed by atoms with Crippen LogP contribution < -0.4 is 4.90 Å². The zero-order valence-corrected chi connectivity index (χ0v) is 16.0. The summed E-state index contributed by atoms with van der Waals surface area (Å²) in [4.78, 5) is 15.7. The molecule has 150 valence electrons. The van der Waals surface area contributed by atoms with Crippen molar-refractivity contribution >= 4 is 34.4 Å². The smallest absolute Gasteiger partial charge is 0.278 e. The van der Waals surface area contributed by atoms with E-state index in [1.165, 1.54) is 0 Å². The van der Waals surface area contributed by atoms with Gasteiger partial charge in [-0.15, -0.1) is 0 Å². The summed E-state index contributed by atoms with van der Waals surface area (Å²) in [6, 6.07) is 13.1. The van der Waals surface area contributed by atoms with Crippen molar-refractivity contribution in [2.45, 2.75) is 0 Å². The summed E-state index contributed by atoms with van der Waals surface area (Å²) in [6.45, 7) is 4.05. The molecule has 8 nitrogen and oxygen atoms in total. The van der Waals surface area contributed by atoms with Crippen LogP contribution in [0.15, 0.2) is 42.5 Å². The van der Waals surface area contributed by atoms with Crippen LogP contribution in [0.3, 0.4) is 0 Å². The zero-order valence-electron chi connectivity index (χ0n) is 16.0. The zero-order chi connectivity index (χ0) is 20.2. The summed E-state index contributed by atoms with van der Waals surface area (Å²) in [5.74, 6) is 0. The number of benzene rings is 2. The molecule has 0 bridgehead atoms. The number of aliphatic hydroxyl groups is 1. The Hall–Kier alpha value is -3.23. The van der Waals surface area contributed by atoms with Gasteiger partial charge >= 0.3 is 0 Å². The Balaban J connectivity index is 1.56. The SMILES string of the molecule is O=[N+]([O-])c1cc(N2CCN(CCO)CC2)ccc1/C=C/c1n[nH]c2ccccc12. The van der Waals surface area contributed by atoms with Crippen molar-refractivity contribution in [3.63, 3.8) is 0 Å². The Morgan fingerprint density at radius 1 is 1.14 bits per heavy atom. The summed E-state index contributed by atoms with van der Waals surface area (Å²) in [5, 5.41) is 29.0. The molecular formula is C21H23N5O3. The maximum Gasteiger partial charge on any atom is 0.278 e. The van der Waals surface area contributed by atoms with Crippen molar-refractivity contribution in [3.05, 3.63) is 63.8 Å². The molecule has 8 heteroatoms. The third kappa shape index (κ3) is 4.13. The number of aliphatic hydroxyl groups excluding tert-OH is 1. The van der Waals surface area contributed by atoms with Gasteiger partial charge in [-0.05, 0) is 30.4 Å². The predicted molar refractivity (Wildman–Crippen MR) is 114 cm³/mol. The number of anilines is 1. The molecule has 0 radical (unpaired) electrons. The maximum atomic E-state index is 11.7. The Morgan fingerprint density at radius 3 is 2.69 bits per heavy atom. The summed E-state index contributed by atoms with van der Waals surface area (Å²) >= 11 is 0. The highest BCUT2D eigenvalue weighted by molar-refractivity contribution is 5.90. The Kier molecular flexibility index (Phi) is 5.55. The van der Waals surface area contributed by atoms with Crippen molar-refractivity contribution in [1.82, 2.24) is 15.1 Å². The highest BCUT2D eigenvalue weighted by Gasteiger charge is 2.20. The van der Waals surface area contributed by atoms with E-state index >= 15 is 0 Å². The number of rotatable bonds is 6. The minimum absolute atomic E-state index is 0.0800. The number of fused-ring (bicyclic) bond motifs is 1. The van der Waals surface area contributed by atoms with Gasteiger partial charge in [0.05, 0.1) is 28.3 Å². The normalized spacial score (nSPS) is 15.4. The number of para-hydroxylation sites is 1. The molecule has 1 aromatic heterocycles. The molecule has 3 aromatic rings. The van der Waals surface area contributed by atoms with Crippen LogP contribution in [0, 0.1) is 10.1 Å². The molecule has 0 unspecified atom stereocenters. The van der Waals surface area contributed by atoms with Gasteiger partial charge < -0.3 is 10.0 Å². The quantitative estimate of drug-likeness (QED) is 0.494. The van der Waals surface area contributed by atoms with E-state index < -0.39 is 0 Å². The third-order valence-corrected chi connectivity index (χ3v) is 5.28. The van der Waals surface area contributed by atoms with Crippen LogP contribution in [0.2, 0.25) is 0 Å². The Labute approximate surface area is 168 Å². The van der Waals surface area contributed by atoms with Crippen LogP contribution in [0.5, 0.6) is 0 Å². The monoisotopic (exact) mass is 393 g/mol. The number of hydrogen-bond donors (Lipinski definition) is 2. The Bertz CT molecular complexity index is 1040. The molecule has 2 aromatic carbocycles. The molecule has 2 N–H and O–H groups in total. The number of nitro benzene ring substituents is 1. The largest absolute Gasteiger partial charge is 0.395 e. The number of nitrogens with zero attached hydrogens (tertiary/aromatic N) is 4. The van der Waals surface area contributed by atoms with Gasteiger partial charge in [-0.1, -0.05) is 18.2 Å². The van der Waals surface area contributed by atoms with Crippen LogP contribution in [0.25, 0.3) is 23.1 Å². The Morgan fingerprint density at radius 2 is 1.93 bits per heavy atom. The molecule has 1 aliphatic rings. The van der Waals surface area contributed by atoms with Crippen molar-refractivity contribution < 1.29 is 10.0 Å². The number of nitrogens with one attached hydrogen (secondary N) is 1. The van der Waals surface area contributed by atoms with Gasteiger partial charge in [-0.3, -0.25) is 20.1 Å². The van der Waals surface area contributed by atoms with E-state index in [1.54, 1.807) is 24.3 Å². The third-order valence-electron chi connectivity index (χ3n) is 5.28. The summed E-state index contributed by atoms with van der Waals surface area (Å²) in [7, 11) is 0. The van der Waals surface area contributed by atoms with Crippen LogP contribution in [-0.2, 0) is 0 Å². The molecule has 2 heterocycles. The number of β-amino-alcohol motifs (C(OH)–C–C–N with tert-alkyl or cyclic N) is 1. The number of aromatic amines is 1. The average molecular weight is 393 g/mol. The second-order valence-electron chi connectivity index (χ2n) is 7.04. The number of aromatic nitrogens is 2. The second kappa shape index (κ2) is 8.42. The first kappa shape index (κ1) is 19.1. The number of piperazine rings is 1. The van der Waals surface area contributed by atoms with E-state index in [2.05, 4.69) is 20.0 Å². The number of H-pyrrole nitrogens is 1. The minimum atomic E-state index is -0.339. The number of hydrogen-bond acceptors (Lipinski definition) is 6. The molecule has 0 saturated carbocycles. The van der Waals surface area contributed by atoms with Crippen LogP contribution in [-0.4, -0.2) is 64.5 Å². The average Bonchev–Trinajstić information content (AvgIpc) is 3.16. The van der Waals surface area contributed by atoms with Crippen molar-refractivity contribution in [2.24, 2.45) is 0 Å². The van der Waals surface area contributed by atoms with Crippen molar-refractivity contribution in [3.8, 4) is 0 Å². The van der Waals surface area contributed by atoms with Crippen LogP contribution >= 0.6 is 0 Å². The lowest BCUT2D eigenvalue weighted by Crippen LogP contribution is -2.47. The van der Waals surface area contributed by atoms with E-state index in [4.69, 9.17) is 5.11 Å². The van der Waals surface area contributed by atoms with Gasteiger partial charge in [0.2, 0.25) is 0 Å². The van der Waals surface area contributed by atoms with E-state index in [9.17, 15) is 10.1 Å². The first-order chi connectivity index (χ1) is 14.2. The van der Waals surface area contributed by atoms with Gasteiger partial charge in [-0.2, -0.15) is 5.10 Å². The molecular weight excluding hydrogens is 370 g/mol. The van der Waals surface area contributed by atoms with Crippen molar-refractivity contribution in [1.29, 1.82) is 0 Å². The van der Waals surface area contributed by atoms with Gasteiger partial charge in [-0.25, -0.2) is 0 Å². The first-order valence-electron chi connectivity index (χ1n) is 9.63. The second-order valence-corrected chi connectivity index (χ2v) is 7.04. The van der Waals surface area contributed by atoms with E-state index in [-0.39, 0.29) is 17.2 Å². The van der Waals surface area contributed by atoms with Gasteiger partial charge in [0.1, 0.15) is 0 Å². The molecule has 1 saturated heterocycles. The fraction of sp³-hybridized carbons (Fsp3) is 0.286. The fourth-order valence-electron chi connectivity index (χ4n) is 3.68. The molecule has 29 heavy (non-hydrogen) atoms. The standard InChI is InChI=1S/C21H23N5O3/c27-14-13-24-9-11-25(12-10-24)17-7-5-16(21(15-17)26(28)29)6-8-20-18-3-1-2-4-19(18)22-23-20/h1-8,15,27H,9-14H2,(H,22,23)/b8-6+. The molecule has 1 aliphatic heterocycles. The van der Waals surface area contributed by atoms with E-state index in [0.717, 1.165) is 48.5 Å². The predicted octanol–water partition coefficient (Wildman–Crippen LogP) is 2.76. The lowest BCUT2D eigenvalue weighted by atomic mass is 10.1. The number of nitro groups is 1.